The summed E-state index contributed by atoms with van der Waals surface area (Å²) in [5, 5.41) is 11.6. The molecule has 0 spiro atoms. The van der Waals surface area contributed by atoms with Crippen LogP contribution in [-0.2, 0) is 21.1 Å². The molecule has 1 unspecified atom stereocenters. The Bertz CT molecular complexity index is 745. The molecule has 9 nitrogen and oxygen atoms in total. The van der Waals surface area contributed by atoms with Crippen molar-refractivity contribution in [3.63, 3.8) is 0 Å². The van der Waals surface area contributed by atoms with Gasteiger partial charge in [-0.3, -0.25) is 9.36 Å². The van der Waals surface area contributed by atoms with E-state index in [2.05, 4.69) is 5.32 Å². The first-order valence-electron chi connectivity index (χ1n) is 6.84. The average molecular weight is 323 g/mol. The Hall–Kier alpha value is -2.81. The predicted molar refractivity (Wildman–Crippen MR) is 78.5 cm³/mol. The highest BCUT2D eigenvalue weighted by Gasteiger charge is 2.21. The van der Waals surface area contributed by atoms with Crippen molar-refractivity contribution in [2.75, 3.05) is 0 Å². The zero-order valence-corrected chi connectivity index (χ0v) is 12.6. The Labute approximate surface area is 131 Å². The Morgan fingerprint density at radius 2 is 2.13 bits per heavy atom. The Morgan fingerprint density at radius 1 is 1.43 bits per heavy atom. The van der Waals surface area contributed by atoms with Crippen molar-refractivity contribution < 1.29 is 28.6 Å². The van der Waals surface area contributed by atoms with Gasteiger partial charge in [-0.2, -0.15) is 0 Å². The quantitative estimate of drug-likeness (QED) is 0.649. The van der Waals surface area contributed by atoms with Gasteiger partial charge in [0.15, 0.2) is 12.3 Å². The topological polar surface area (TPSA) is 137 Å². The molecule has 2 heterocycles. The minimum atomic E-state index is -1.18. The summed E-state index contributed by atoms with van der Waals surface area (Å²) in [7, 11) is 0. The molecule has 0 aliphatic carbocycles. The summed E-state index contributed by atoms with van der Waals surface area (Å²) in [4.78, 5) is 34.5. The number of carboxylic acids is 1. The number of amides is 1. The summed E-state index contributed by atoms with van der Waals surface area (Å²) in [5.41, 5.74) is 6.19. The summed E-state index contributed by atoms with van der Waals surface area (Å²) >= 11 is 0. The Morgan fingerprint density at radius 3 is 2.74 bits per heavy atom. The molecule has 0 saturated heterocycles. The lowest BCUT2D eigenvalue weighted by atomic mass is 10.3. The van der Waals surface area contributed by atoms with Crippen LogP contribution in [0.5, 0.6) is 0 Å². The zero-order valence-electron chi connectivity index (χ0n) is 12.6. The van der Waals surface area contributed by atoms with Crippen LogP contribution < -0.4 is 11.1 Å². The molecule has 23 heavy (non-hydrogen) atoms. The van der Waals surface area contributed by atoms with Crippen molar-refractivity contribution in [1.29, 1.82) is 0 Å². The molecule has 0 aromatic carbocycles. The van der Waals surface area contributed by atoms with Gasteiger partial charge in [0.25, 0.3) is 0 Å². The first-order chi connectivity index (χ1) is 10.8. The summed E-state index contributed by atoms with van der Waals surface area (Å²) in [5.74, 6) is -2.37. The summed E-state index contributed by atoms with van der Waals surface area (Å²) in [6, 6.07) is 1.25. The molecule has 4 N–H and O–H groups in total. The van der Waals surface area contributed by atoms with Crippen LogP contribution in [0.15, 0.2) is 22.8 Å². The summed E-state index contributed by atoms with van der Waals surface area (Å²) in [6.07, 6.45) is 1.40. The van der Waals surface area contributed by atoms with Gasteiger partial charge in [0.1, 0.15) is 11.7 Å². The molecule has 0 bridgehead atoms. The standard InChI is InChI=1S/C14H17N3O6/c1-7(15)12(18)16-8(2)14(21)23-6-17-9-3-4-22-11(9)5-10(17)13(19)20/h3-5,7-8H,6,15H2,1-2H3,(H,16,18)(H,19,20)/t7?,8-/m0/s1. The van der Waals surface area contributed by atoms with E-state index in [-0.39, 0.29) is 12.4 Å². The van der Waals surface area contributed by atoms with Crippen LogP contribution in [0.1, 0.15) is 24.3 Å². The number of nitrogens with one attached hydrogen (secondary N) is 1. The van der Waals surface area contributed by atoms with E-state index in [1.54, 1.807) is 6.07 Å². The van der Waals surface area contributed by atoms with Crippen LogP contribution in [0.4, 0.5) is 0 Å². The van der Waals surface area contributed by atoms with Crippen molar-refractivity contribution in [3.05, 3.63) is 24.1 Å². The third-order valence-corrected chi connectivity index (χ3v) is 3.20. The maximum absolute atomic E-state index is 11.9. The molecule has 0 aliphatic heterocycles. The molecule has 0 saturated carbocycles. The normalized spacial score (nSPS) is 13.5. The lowest BCUT2D eigenvalue weighted by Gasteiger charge is -2.15. The molecule has 2 aromatic heterocycles. The van der Waals surface area contributed by atoms with Crippen molar-refractivity contribution >= 4 is 28.9 Å². The average Bonchev–Trinajstić information content (AvgIpc) is 3.05. The number of carbonyl (C=O) groups excluding carboxylic acids is 2. The first kappa shape index (κ1) is 16.6. The number of carbonyl (C=O) groups is 3. The third-order valence-electron chi connectivity index (χ3n) is 3.20. The number of esters is 1. The summed E-state index contributed by atoms with van der Waals surface area (Å²) in [6.45, 7) is 2.62. The van der Waals surface area contributed by atoms with Crippen LogP contribution in [0.3, 0.4) is 0 Å². The van der Waals surface area contributed by atoms with Gasteiger partial charge < -0.3 is 25.3 Å². The molecule has 0 radical (unpaired) electrons. The molecule has 2 aromatic rings. The molecule has 0 aliphatic rings. The highest BCUT2D eigenvalue weighted by molar-refractivity contribution is 5.92. The minimum absolute atomic E-state index is 0.0700. The Balaban J connectivity index is 2.07. The highest BCUT2D eigenvalue weighted by Crippen LogP contribution is 2.21. The number of ether oxygens (including phenoxy) is 1. The van der Waals surface area contributed by atoms with Crippen LogP contribution in [-0.4, -0.2) is 39.6 Å². The number of fused-ring (bicyclic) bond motifs is 1. The van der Waals surface area contributed by atoms with E-state index >= 15 is 0 Å². The lowest BCUT2D eigenvalue weighted by molar-refractivity contribution is -0.151. The van der Waals surface area contributed by atoms with Gasteiger partial charge in [0.2, 0.25) is 5.91 Å². The van der Waals surface area contributed by atoms with Gasteiger partial charge in [0, 0.05) is 12.1 Å². The van der Waals surface area contributed by atoms with E-state index in [4.69, 9.17) is 20.0 Å². The van der Waals surface area contributed by atoms with Gasteiger partial charge in [-0.05, 0) is 13.8 Å². The number of furan rings is 1. The van der Waals surface area contributed by atoms with E-state index in [0.29, 0.717) is 11.1 Å². The van der Waals surface area contributed by atoms with Crippen molar-refractivity contribution in [2.24, 2.45) is 5.73 Å². The van der Waals surface area contributed by atoms with E-state index in [9.17, 15) is 14.4 Å². The highest BCUT2D eigenvalue weighted by atomic mass is 16.5. The van der Waals surface area contributed by atoms with E-state index in [1.165, 1.54) is 30.7 Å². The second-order valence-corrected chi connectivity index (χ2v) is 5.04. The monoisotopic (exact) mass is 323 g/mol. The van der Waals surface area contributed by atoms with Crippen molar-refractivity contribution in [2.45, 2.75) is 32.7 Å². The maximum atomic E-state index is 11.9. The minimum Gasteiger partial charge on any atom is -0.477 e. The fraction of sp³-hybridized carbons (Fsp3) is 0.357. The Kier molecular flexibility index (Phi) is 4.70. The second kappa shape index (κ2) is 6.53. The largest absolute Gasteiger partial charge is 0.477 e. The fourth-order valence-electron chi connectivity index (χ4n) is 1.95. The first-order valence-corrected chi connectivity index (χ1v) is 6.84. The molecule has 0 fully saturated rings. The van der Waals surface area contributed by atoms with Crippen LogP contribution in [0.25, 0.3) is 11.1 Å². The number of hydrogen-bond acceptors (Lipinski definition) is 6. The van der Waals surface area contributed by atoms with E-state index in [1.807, 2.05) is 0 Å². The van der Waals surface area contributed by atoms with Gasteiger partial charge in [-0.25, -0.2) is 9.59 Å². The van der Waals surface area contributed by atoms with Crippen molar-refractivity contribution in [3.8, 4) is 0 Å². The number of aromatic carboxylic acids is 1. The van der Waals surface area contributed by atoms with Crippen molar-refractivity contribution in [1.82, 2.24) is 9.88 Å². The number of aromatic nitrogens is 1. The SMILES string of the molecule is CC(N)C(=O)N[C@@H](C)C(=O)OCn1c(C(=O)O)cc2occc21. The number of nitrogens with two attached hydrogens (primary N) is 1. The predicted octanol–water partition coefficient (Wildman–Crippen LogP) is 0.285. The number of hydrogen-bond donors (Lipinski definition) is 3. The van der Waals surface area contributed by atoms with Gasteiger partial charge in [0.05, 0.1) is 17.8 Å². The second-order valence-electron chi connectivity index (χ2n) is 5.04. The molecular formula is C14H17N3O6. The van der Waals surface area contributed by atoms with Crippen LogP contribution in [0.2, 0.25) is 0 Å². The molecule has 1 amide bonds. The van der Waals surface area contributed by atoms with Crippen LogP contribution >= 0.6 is 0 Å². The number of nitrogens with zero attached hydrogens (tertiary/aromatic N) is 1. The van der Waals surface area contributed by atoms with Gasteiger partial charge >= 0.3 is 11.9 Å². The van der Waals surface area contributed by atoms with Gasteiger partial charge in [-0.15, -0.1) is 0 Å². The van der Waals surface area contributed by atoms with Gasteiger partial charge in [-0.1, -0.05) is 0 Å². The van der Waals surface area contributed by atoms with E-state index in [0.717, 1.165) is 0 Å². The maximum Gasteiger partial charge on any atom is 0.352 e. The van der Waals surface area contributed by atoms with E-state index < -0.39 is 29.9 Å². The summed E-state index contributed by atoms with van der Waals surface area (Å²) < 4.78 is 11.5. The zero-order chi connectivity index (χ0) is 17.1. The molecule has 9 heteroatoms. The number of rotatable bonds is 6. The lowest BCUT2D eigenvalue weighted by Crippen LogP contribution is -2.46. The number of carboxylic acid groups (broad SMARTS) is 1. The molecule has 2 rings (SSSR count). The fourth-order valence-corrected chi connectivity index (χ4v) is 1.95. The molecule has 2 atom stereocenters. The molecular weight excluding hydrogens is 306 g/mol. The molecule has 124 valence electrons. The third kappa shape index (κ3) is 3.51. The smallest absolute Gasteiger partial charge is 0.352 e. The van der Waals surface area contributed by atoms with Crippen LogP contribution in [0, 0.1) is 0 Å².